The molecule has 0 aliphatic carbocycles. The number of nitrogens with two attached hydrogens (primary N) is 2. The number of rotatable bonds is 4. The maximum Gasteiger partial charge on any atom is 0.248 e. The Morgan fingerprint density at radius 2 is 2.00 bits per heavy atom. The van der Waals surface area contributed by atoms with E-state index in [0.717, 1.165) is 10.5 Å². The molecule has 3 nitrogen and oxygen atoms in total. The lowest BCUT2D eigenvalue weighted by molar-refractivity contribution is 0.1000. The minimum absolute atomic E-state index is 0.316. The summed E-state index contributed by atoms with van der Waals surface area (Å²) in [6.07, 6.45) is 0. The number of thioether (sulfide) groups is 1. The first kappa shape index (κ1) is 14.4. The van der Waals surface area contributed by atoms with Crippen LogP contribution >= 0.6 is 11.8 Å². The number of nitrogen functional groups attached to an aromatic ring is 1. The predicted octanol–water partition coefficient (Wildman–Crippen LogP) is 3.11. The topological polar surface area (TPSA) is 69.1 Å². The lowest BCUT2D eigenvalue weighted by Gasteiger charge is -2.08. The standard InChI is InChI=1S/C15H15FN2OS/c1-9-6-12(17)3-5-14(9)20-8-11-7-10(15(18)19)2-4-13(11)16/h2-7H,8,17H2,1H3,(H2,18,19). The summed E-state index contributed by atoms with van der Waals surface area (Å²) in [6, 6.07) is 9.75. The fourth-order valence-corrected chi connectivity index (χ4v) is 2.81. The van der Waals surface area contributed by atoms with Gasteiger partial charge in [0.15, 0.2) is 0 Å². The van der Waals surface area contributed by atoms with Gasteiger partial charge in [0, 0.05) is 21.9 Å². The van der Waals surface area contributed by atoms with E-state index in [9.17, 15) is 9.18 Å². The van der Waals surface area contributed by atoms with Crippen molar-refractivity contribution in [2.24, 2.45) is 5.73 Å². The molecule has 0 bridgehead atoms. The first-order valence-electron chi connectivity index (χ1n) is 6.04. The van der Waals surface area contributed by atoms with Crippen molar-refractivity contribution in [3.05, 3.63) is 58.9 Å². The molecule has 0 atom stereocenters. The molecule has 20 heavy (non-hydrogen) atoms. The molecule has 0 aromatic heterocycles. The van der Waals surface area contributed by atoms with Crippen molar-refractivity contribution in [3.63, 3.8) is 0 Å². The number of anilines is 1. The molecule has 0 aliphatic heterocycles. The maximum absolute atomic E-state index is 13.7. The third-order valence-corrected chi connectivity index (χ3v) is 4.14. The predicted molar refractivity (Wildman–Crippen MR) is 80.1 cm³/mol. The molecule has 0 aliphatic rings. The van der Waals surface area contributed by atoms with E-state index in [1.807, 2.05) is 25.1 Å². The highest BCUT2D eigenvalue weighted by Gasteiger charge is 2.08. The van der Waals surface area contributed by atoms with Gasteiger partial charge in [-0.15, -0.1) is 11.8 Å². The number of halogens is 1. The van der Waals surface area contributed by atoms with Crippen molar-refractivity contribution in [1.29, 1.82) is 0 Å². The molecule has 0 saturated carbocycles. The van der Waals surface area contributed by atoms with Crippen molar-refractivity contribution in [1.82, 2.24) is 0 Å². The second-order valence-electron chi connectivity index (χ2n) is 4.48. The summed E-state index contributed by atoms with van der Waals surface area (Å²) in [5.74, 6) is -0.465. The Balaban J connectivity index is 2.18. The average Bonchev–Trinajstić information content (AvgIpc) is 2.39. The zero-order chi connectivity index (χ0) is 14.7. The summed E-state index contributed by atoms with van der Waals surface area (Å²) in [4.78, 5) is 12.1. The maximum atomic E-state index is 13.7. The van der Waals surface area contributed by atoms with E-state index in [4.69, 9.17) is 11.5 Å². The van der Waals surface area contributed by atoms with Gasteiger partial charge in [-0.1, -0.05) is 0 Å². The van der Waals surface area contributed by atoms with Crippen LogP contribution in [0.4, 0.5) is 10.1 Å². The first-order chi connectivity index (χ1) is 9.47. The molecule has 0 unspecified atom stereocenters. The third-order valence-electron chi connectivity index (χ3n) is 2.91. The van der Waals surface area contributed by atoms with Gasteiger partial charge in [-0.3, -0.25) is 4.79 Å². The highest BCUT2D eigenvalue weighted by atomic mass is 32.2. The van der Waals surface area contributed by atoms with Crippen LogP contribution in [0.15, 0.2) is 41.3 Å². The fraction of sp³-hybridized carbons (Fsp3) is 0.133. The normalized spacial score (nSPS) is 10.5. The zero-order valence-corrected chi connectivity index (χ0v) is 11.8. The molecular weight excluding hydrogens is 275 g/mol. The summed E-state index contributed by atoms with van der Waals surface area (Å²) in [7, 11) is 0. The van der Waals surface area contributed by atoms with Gasteiger partial charge in [-0.2, -0.15) is 0 Å². The SMILES string of the molecule is Cc1cc(N)ccc1SCc1cc(C(N)=O)ccc1F. The Morgan fingerprint density at radius 1 is 1.25 bits per heavy atom. The number of primary amides is 1. The van der Waals surface area contributed by atoms with Gasteiger partial charge in [0.2, 0.25) is 5.91 Å². The number of hydrogen-bond donors (Lipinski definition) is 2. The number of amides is 1. The van der Waals surface area contributed by atoms with E-state index in [2.05, 4.69) is 0 Å². The molecule has 1 amide bonds. The Hall–Kier alpha value is -2.01. The van der Waals surface area contributed by atoms with Crippen molar-refractivity contribution >= 4 is 23.4 Å². The largest absolute Gasteiger partial charge is 0.399 e. The Labute approximate surface area is 121 Å². The van der Waals surface area contributed by atoms with Crippen LogP contribution in [0.3, 0.4) is 0 Å². The van der Waals surface area contributed by atoms with Crippen LogP contribution < -0.4 is 11.5 Å². The van der Waals surface area contributed by atoms with Crippen molar-refractivity contribution < 1.29 is 9.18 Å². The lowest BCUT2D eigenvalue weighted by Crippen LogP contribution is -2.11. The van der Waals surface area contributed by atoms with Crippen LogP contribution in [0.1, 0.15) is 21.5 Å². The van der Waals surface area contributed by atoms with E-state index in [1.165, 1.54) is 30.0 Å². The van der Waals surface area contributed by atoms with Crippen molar-refractivity contribution in [3.8, 4) is 0 Å². The molecule has 2 aromatic rings. The third kappa shape index (κ3) is 3.30. The molecule has 0 heterocycles. The van der Waals surface area contributed by atoms with E-state index in [1.54, 1.807) is 0 Å². The Bertz CT molecular complexity index is 658. The molecule has 0 radical (unpaired) electrons. The van der Waals surface area contributed by atoms with Crippen LogP contribution in [-0.2, 0) is 5.75 Å². The quantitative estimate of drug-likeness (QED) is 0.671. The average molecular weight is 290 g/mol. The van der Waals surface area contributed by atoms with Gasteiger partial charge in [0.1, 0.15) is 5.82 Å². The van der Waals surface area contributed by atoms with Crippen LogP contribution in [0, 0.1) is 12.7 Å². The van der Waals surface area contributed by atoms with Crippen LogP contribution in [0.25, 0.3) is 0 Å². The number of benzene rings is 2. The smallest absolute Gasteiger partial charge is 0.248 e. The highest BCUT2D eigenvalue weighted by Crippen LogP contribution is 2.28. The molecule has 104 valence electrons. The molecule has 0 spiro atoms. The van der Waals surface area contributed by atoms with E-state index in [0.29, 0.717) is 22.6 Å². The molecule has 0 saturated heterocycles. The van der Waals surface area contributed by atoms with Gasteiger partial charge >= 0.3 is 0 Å². The molecule has 4 N–H and O–H groups in total. The number of aryl methyl sites for hydroxylation is 1. The number of hydrogen-bond acceptors (Lipinski definition) is 3. The monoisotopic (exact) mass is 290 g/mol. The van der Waals surface area contributed by atoms with Crippen LogP contribution in [0.2, 0.25) is 0 Å². The summed E-state index contributed by atoms with van der Waals surface area (Å²) in [5, 5.41) is 0. The second kappa shape index (κ2) is 5.96. The number of carbonyl (C=O) groups is 1. The highest BCUT2D eigenvalue weighted by molar-refractivity contribution is 7.98. The second-order valence-corrected chi connectivity index (χ2v) is 5.50. The fourth-order valence-electron chi connectivity index (χ4n) is 1.83. The Kier molecular flexibility index (Phi) is 4.29. The van der Waals surface area contributed by atoms with Gasteiger partial charge in [0.25, 0.3) is 0 Å². The van der Waals surface area contributed by atoms with Gasteiger partial charge in [0.05, 0.1) is 0 Å². The van der Waals surface area contributed by atoms with Gasteiger partial charge in [-0.05, 0) is 54.4 Å². The van der Waals surface area contributed by atoms with E-state index < -0.39 is 5.91 Å². The summed E-state index contributed by atoms with van der Waals surface area (Å²) in [6.45, 7) is 1.95. The van der Waals surface area contributed by atoms with Crippen molar-refractivity contribution in [2.75, 3.05) is 5.73 Å². The van der Waals surface area contributed by atoms with Crippen LogP contribution in [0.5, 0.6) is 0 Å². The van der Waals surface area contributed by atoms with Crippen molar-refractivity contribution in [2.45, 2.75) is 17.6 Å². The first-order valence-corrected chi connectivity index (χ1v) is 7.03. The molecule has 2 aromatic carbocycles. The van der Waals surface area contributed by atoms with Gasteiger partial charge in [-0.25, -0.2) is 4.39 Å². The zero-order valence-electron chi connectivity index (χ0n) is 11.0. The van der Waals surface area contributed by atoms with E-state index >= 15 is 0 Å². The minimum Gasteiger partial charge on any atom is -0.399 e. The van der Waals surface area contributed by atoms with E-state index in [-0.39, 0.29) is 5.82 Å². The van der Waals surface area contributed by atoms with Crippen LogP contribution in [-0.4, -0.2) is 5.91 Å². The summed E-state index contributed by atoms with van der Waals surface area (Å²) < 4.78 is 13.7. The minimum atomic E-state index is -0.556. The lowest BCUT2D eigenvalue weighted by atomic mass is 10.1. The van der Waals surface area contributed by atoms with Gasteiger partial charge < -0.3 is 11.5 Å². The molecule has 2 rings (SSSR count). The molecule has 0 fully saturated rings. The Morgan fingerprint density at radius 3 is 2.65 bits per heavy atom. The molecule has 5 heteroatoms. The molecular formula is C15H15FN2OS. The number of carbonyl (C=O) groups excluding carboxylic acids is 1. The summed E-state index contributed by atoms with van der Waals surface area (Å²) >= 11 is 1.50. The summed E-state index contributed by atoms with van der Waals surface area (Å²) in [5.41, 5.74) is 13.4.